The quantitative estimate of drug-likeness (QED) is 0.176. The zero-order valence-corrected chi connectivity index (χ0v) is 28.8. The molecule has 0 aliphatic carbocycles. The number of para-hydroxylation sites is 1. The van der Waals surface area contributed by atoms with Gasteiger partial charge in [-0.05, 0) is 86.6 Å². The summed E-state index contributed by atoms with van der Waals surface area (Å²) in [5.41, 5.74) is 13.3. The van der Waals surface area contributed by atoms with E-state index in [-0.39, 0.29) is 0 Å². The van der Waals surface area contributed by atoms with Crippen molar-refractivity contribution >= 4 is 32.7 Å². The topological polar surface area (TPSA) is 38.9 Å². The molecular weight excluding hydrogens is 645 g/mol. The van der Waals surface area contributed by atoms with E-state index < -0.39 is 0 Å². The highest BCUT2D eigenvalue weighted by molar-refractivity contribution is 6.06. The first-order valence-electron chi connectivity index (χ1n) is 17.9. The van der Waals surface area contributed by atoms with Crippen LogP contribution in [0.25, 0.3) is 100.0 Å². The highest BCUT2D eigenvalue weighted by Crippen LogP contribution is 2.40. The van der Waals surface area contributed by atoms with Gasteiger partial charge in [-0.25, -0.2) is 9.97 Å². The molecule has 0 saturated carbocycles. The van der Waals surface area contributed by atoms with Crippen molar-refractivity contribution in [2.24, 2.45) is 0 Å². The van der Waals surface area contributed by atoms with Crippen LogP contribution in [-0.4, -0.2) is 9.97 Å². The minimum absolute atomic E-state index is 0.686. The van der Waals surface area contributed by atoms with Gasteiger partial charge in [0.25, 0.3) is 0 Å². The van der Waals surface area contributed by atoms with Crippen molar-refractivity contribution in [3.63, 3.8) is 0 Å². The molecule has 0 saturated heterocycles. The zero-order chi connectivity index (χ0) is 35.1. The number of furan rings is 1. The predicted octanol–water partition coefficient (Wildman–Crippen LogP) is 13.5. The fourth-order valence-electron chi connectivity index (χ4n) is 7.51. The number of hydrogen-bond donors (Lipinski definition) is 0. The predicted molar refractivity (Wildman–Crippen MR) is 219 cm³/mol. The fraction of sp³-hybridized carbons (Fsp3) is 0. The largest absolute Gasteiger partial charge is 0.456 e. The summed E-state index contributed by atoms with van der Waals surface area (Å²) in [6.45, 7) is 0. The van der Waals surface area contributed by atoms with Crippen LogP contribution in [0.3, 0.4) is 0 Å². The van der Waals surface area contributed by atoms with Crippen LogP contribution in [0.5, 0.6) is 0 Å². The molecule has 0 N–H and O–H groups in total. The summed E-state index contributed by atoms with van der Waals surface area (Å²) in [6.07, 6.45) is 0. The number of fused-ring (bicyclic) bond motifs is 4. The van der Waals surface area contributed by atoms with E-state index in [0.29, 0.717) is 5.82 Å². The highest BCUT2D eigenvalue weighted by Gasteiger charge is 2.17. The molecule has 3 heteroatoms. The van der Waals surface area contributed by atoms with Crippen LogP contribution >= 0.6 is 0 Å². The molecule has 0 aliphatic heterocycles. The van der Waals surface area contributed by atoms with Crippen LogP contribution in [-0.2, 0) is 0 Å². The molecule has 0 radical (unpaired) electrons. The second-order valence-corrected chi connectivity index (χ2v) is 13.4. The van der Waals surface area contributed by atoms with Gasteiger partial charge < -0.3 is 4.42 Å². The van der Waals surface area contributed by atoms with E-state index in [1.165, 1.54) is 16.5 Å². The molecule has 0 aliphatic rings. The van der Waals surface area contributed by atoms with Crippen molar-refractivity contribution in [3.8, 4) is 67.3 Å². The summed E-state index contributed by atoms with van der Waals surface area (Å²) in [5, 5.41) is 4.56. The van der Waals surface area contributed by atoms with Crippen molar-refractivity contribution in [2.75, 3.05) is 0 Å². The van der Waals surface area contributed by atoms with Crippen LogP contribution in [0.2, 0.25) is 0 Å². The van der Waals surface area contributed by atoms with Gasteiger partial charge >= 0.3 is 0 Å². The van der Waals surface area contributed by atoms with Gasteiger partial charge in [0.1, 0.15) is 11.2 Å². The van der Waals surface area contributed by atoms with E-state index in [0.717, 1.165) is 77.7 Å². The molecular formula is C50H32N2O. The van der Waals surface area contributed by atoms with Gasteiger partial charge in [0.05, 0.1) is 11.4 Å². The first-order chi connectivity index (χ1) is 26.2. The molecule has 0 amide bonds. The molecule has 8 aromatic carbocycles. The van der Waals surface area contributed by atoms with Gasteiger partial charge in [-0.15, -0.1) is 0 Å². The minimum Gasteiger partial charge on any atom is -0.456 e. The van der Waals surface area contributed by atoms with Gasteiger partial charge in [-0.2, -0.15) is 0 Å². The second kappa shape index (κ2) is 12.9. The lowest BCUT2D eigenvalue weighted by atomic mass is 9.90. The molecule has 0 spiro atoms. The maximum atomic E-state index is 6.37. The number of benzene rings is 8. The Morgan fingerprint density at radius 2 is 0.887 bits per heavy atom. The number of aromatic nitrogens is 2. The maximum Gasteiger partial charge on any atom is 0.160 e. The molecule has 2 heterocycles. The smallest absolute Gasteiger partial charge is 0.160 e. The average molecular weight is 677 g/mol. The molecule has 0 fully saturated rings. The second-order valence-electron chi connectivity index (χ2n) is 13.4. The fourth-order valence-corrected chi connectivity index (χ4v) is 7.51. The lowest BCUT2D eigenvalue weighted by Crippen LogP contribution is -1.97. The van der Waals surface area contributed by atoms with E-state index in [4.69, 9.17) is 14.4 Å². The monoisotopic (exact) mass is 676 g/mol. The van der Waals surface area contributed by atoms with Gasteiger partial charge in [-0.1, -0.05) is 152 Å². The molecule has 0 bridgehead atoms. The SMILES string of the molecule is c1ccc(-c2nc(-c3cc(-c4ccc5c(c4)oc4ccccc45)cc(-c4ccccc4-c4ccccc4)c3)cc(-c3cccc4ccccc34)n2)cc1. The third-order valence-corrected chi connectivity index (χ3v) is 10.1. The van der Waals surface area contributed by atoms with E-state index in [9.17, 15) is 0 Å². The van der Waals surface area contributed by atoms with Gasteiger partial charge in [0, 0.05) is 27.5 Å². The van der Waals surface area contributed by atoms with Crippen LogP contribution in [0.1, 0.15) is 0 Å². The molecule has 10 aromatic rings. The summed E-state index contributed by atoms with van der Waals surface area (Å²) in [7, 11) is 0. The zero-order valence-electron chi connectivity index (χ0n) is 28.8. The van der Waals surface area contributed by atoms with Crippen LogP contribution < -0.4 is 0 Å². The molecule has 10 rings (SSSR count). The Bertz CT molecular complexity index is 2940. The lowest BCUT2D eigenvalue weighted by molar-refractivity contribution is 0.669. The summed E-state index contributed by atoms with van der Waals surface area (Å²) in [6, 6.07) is 68.1. The Balaban J connectivity index is 1.23. The van der Waals surface area contributed by atoms with Crippen molar-refractivity contribution < 1.29 is 4.42 Å². The van der Waals surface area contributed by atoms with Crippen molar-refractivity contribution in [1.29, 1.82) is 0 Å². The van der Waals surface area contributed by atoms with Crippen molar-refractivity contribution in [2.45, 2.75) is 0 Å². The third kappa shape index (κ3) is 5.65. The Morgan fingerprint density at radius 3 is 1.72 bits per heavy atom. The van der Waals surface area contributed by atoms with E-state index in [1.807, 2.05) is 30.3 Å². The molecule has 0 unspecified atom stereocenters. The Kier molecular flexibility index (Phi) is 7.47. The van der Waals surface area contributed by atoms with Gasteiger partial charge in [0.15, 0.2) is 5.82 Å². The van der Waals surface area contributed by atoms with E-state index >= 15 is 0 Å². The van der Waals surface area contributed by atoms with Gasteiger partial charge in [0.2, 0.25) is 0 Å². The Hall–Kier alpha value is -7.10. The number of hydrogen-bond acceptors (Lipinski definition) is 3. The lowest BCUT2D eigenvalue weighted by Gasteiger charge is -2.16. The van der Waals surface area contributed by atoms with Crippen LogP contribution in [0.4, 0.5) is 0 Å². The van der Waals surface area contributed by atoms with Crippen LogP contribution in [0.15, 0.2) is 199 Å². The summed E-state index contributed by atoms with van der Waals surface area (Å²) in [4.78, 5) is 10.5. The number of rotatable bonds is 6. The first-order valence-corrected chi connectivity index (χ1v) is 17.9. The van der Waals surface area contributed by atoms with E-state index in [1.54, 1.807) is 0 Å². The maximum absolute atomic E-state index is 6.37. The molecule has 2 aromatic heterocycles. The first kappa shape index (κ1) is 30.7. The third-order valence-electron chi connectivity index (χ3n) is 10.1. The summed E-state index contributed by atoms with van der Waals surface area (Å²) < 4.78 is 6.37. The van der Waals surface area contributed by atoms with Gasteiger partial charge in [-0.3, -0.25) is 0 Å². The minimum atomic E-state index is 0.686. The average Bonchev–Trinajstić information content (AvgIpc) is 3.62. The molecule has 3 nitrogen and oxygen atoms in total. The molecule has 248 valence electrons. The Morgan fingerprint density at radius 1 is 0.302 bits per heavy atom. The van der Waals surface area contributed by atoms with Crippen LogP contribution in [0, 0.1) is 0 Å². The van der Waals surface area contributed by atoms with Crippen molar-refractivity contribution in [1.82, 2.24) is 9.97 Å². The van der Waals surface area contributed by atoms with Crippen molar-refractivity contribution in [3.05, 3.63) is 194 Å². The number of nitrogens with zero attached hydrogens (tertiary/aromatic N) is 2. The summed E-state index contributed by atoms with van der Waals surface area (Å²) in [5.74, 6) is 0.686. The normalized spacial score (nSPS) is 11.4. The molecule has 53 heavy (non-hydrogen) atoms. The summed E-state index contributed by atoms with van der Waals surface area (Å²) >= 11 is 0. The van der Waals surface area contributed by atoms with E-state index in [2.05, 4.69) is 164 Å². The standard InChI is InChI=1S/C50H32N2O/c1-3-14-33(15-4-1)40-20-9-10-22-42(40)38-28-37(36-26-27-45-44-23-11-12-25-48(44)53-49(45)31-36)29-39(30-38)46-32-47(52-50(51-46)35-17-5-2-6-18-35)43-24-13-19-34-16-7-8-21-41(34)43/h1-32H. The molecule has 0 atom stereocenters. The Labute approximate surface area is 307 Å². The highest BCUT2D eigenvalue weighted by atomic mass is 16.3.